The number of ketones is 1. The van der Waals surface area contributed by atoms with Crippen molar-refractivity contribution in [2.24, 2.45) is 23.2 Å². The SMILES string of the molecule is CCCC(NC(=O)[C@@H]1[C@H]2CCC[C@H]2CN1C(=O)[C@@H](NC(=O)[C@H](CC1CCCCC1)NC(=O)c1cnccn1)C(C)(C)C)C(=O)C(=O)NC1CC1. The molecule has 1 aromatic heterocycles. The fourth-order valence-electron chi connectivity index (χ4n) is 8.02. The number of likely N-dealkylation sites (tertiary alicyclic amines) is 1. The van der Waals surface area contributed by atoms with E-state index in [-0.39, 0.29) is 35.4 Å². The van der Waals surface area contributed by atoms with Crippen molar-refractivity contribution in [3.8, 4) is 0 Å². The highest BCUT2D eigenvalue weighted by molar-refractivity contribution is 6.38. The molecule has 3 saturated carbocycles. The summed E-state index contributed by atoms with van der Waals surface area (Å²) in [5.41, 5.74) is -0.642. The summed E-state index contributed by atoms with van der Waals surface area (Å²) in [5.74, 6) is -2.86. The molecular formula is C37H55N7O6. The number of hydrogen-bond acceptors (Lipinski definition) is 8. The van der Waals surface area contributed by atoms with Crippen molar-refractivity contribution in [2.45, 2.75) is 141 Å². The van der Waals surface area contributed by atoms with Crippen molar-refractivity contribution in [3.05, 3.63) is 24.3 Å². The van der Waals surface area contributed by atoms with E-state index < -0.39 is 59.0 Å². The van der Waals surface area contributed by atoms with Gasteiger partial charge in [0.1, 0.15) is 23.8 Å². The van der Waals surface area contributed by atoms with Crippen LogP contribution in [-0.4, -0.2) is 86.9 Å². The molecule has 6 atom stereocenters. The van der Waals surface area contributed by atoms with E-state index in [9.17, 15) is 28.8 Å². The normalized spacial score (nSPS) is 24.0. The number of Topliss-reactive ketones (excluding diaryl/α,β-unsaturated/α-hetero) is 1. The number of nitrogens with zero attached hydrogens (tertiary/aromatic N) is 3. The van der Waals surface area contributed by atoms with E-state index in [4.69, 9.17) is 0 Å². The molecule has 5 amide bonds. The fourth-order valence-corrected chi connectivity index (χ4v) is 8.02. The minimum absolute atomic E-state index is 0.0127. The minimum Gasteiger partial charge on any atom is -0.347 e. The predicted molar refractivity (Wildman–Crippen MR) is 185 cm³/mol. The van der Waals surface area contributed by atoms with E-state index in [0.29, 0.717) is 25.8 Å². The van der Waals surface area contributed by atoms with Crippen LogP contribution >= 0.6 is 0 Å². The standard InChI is InChI=1S/C37H55N7O6/c1-5-10-26(30(45)35(49)40-24-15-16-24)41-34(48)29-25-14-9-13-23(25)21-44(29)36(50)31(37(2,3)4)43-32(46)27(19-22-11-7-6-8-12-22)42-33(47)28-20-38-17-18-39-28/h17-18,20,22-27,29,31H,5-16,19,21H2,1-4H3,(H,40,49)(H,41,48)(H,42,47)(H,43,46)/t23-,25-,26?,27-,29-,31+/m0/s1. The number of rotatable bonds is 14. The van der Waals surface area contributed by atoms with Gasteiger partial charge in [-0.25, -0.2) is 4.98 Å². The zero-order valence-electron chi connectivity index (χ0n) is 30.0. The third-order valence-corrected chi connectivity index (χ3v) is 10.9. The van der Waals surface area contributed by atoms with Gasteiger partial charge in [0.2, 0.25) is 23.5 Å². The van der Waals surface area contributed by atoms with Crippen LogP contribution in [0.3, 0.4) is 0 Å². The number of aromatic nitrogens is 2. The van der Waals surface area contributed by atoms with Crippen LogP contribution in [0.4, 0.5) is 0 Å². The topological polar surface area (TPSA) is 180 Å². The van der Waals surface area contributed by atoms with Crippen LogP contribution in [0.2, 0.25) is 0 Å². The van der Waals surface area contributed by atoms with Crippen LogP contribution in [-0.2, 0) is 24.0 Å². The Balaban J connectivity index is 1.35. The van der Waals surface area contributed by atoms with Gasteiger partial charge in [0.25, 0.3) is 11.8 Å². The highest BCUT2D eigenvalue weighted by atomic mass is 16.2. The number of carbonyl (C=O) groups excluding carboxylic acids is 6. The van der Waals surface area contributed by atoms with E-state index in [2.05, 4.69) is 31.2 Å². The Labute approximate surface area is 295 Å². The van der Waals surface area contributed by atoms with Crippen LogP contribution in [0.25, 0.3) is 0 Å². The van der Waals surface area contributed by atoms with Gasteiger partial charge in [-0.05, 0) is 61.7 Å². The summed E-state index contributed by atoms with van der Waals surface area (Å²) in [5, 5.41) is 11.5. The molecule has 1 unspecified atom stereocenters. The smallest absolute Gasteiger partial charge is 0.289 e. The average Bonchev–Trinajstić information content (AvgIpc) is 3.66. The average molecular weight is 694 g/mol. The number of carbonyl (C=O) groups is 6. The molecule has 4 aliphatic rings. The first-order valence-electron chi connectivity index (χ1n) is 18.7. The Bertz CT molecular complexity index is 1400. The van der Waals surface area contributed by atoms with E-state index in [1.165, 1.54) is 18.6 Å². The molecule has 3 aliphatic carbocycles. The Morgan fingerprint density at radius 1 is 0.880 bits per heavy atom. The van der Waals surface area contributed by atoms with Gasteiger partial charge >= 0.3 is 0 Å². The van der Waals surface area contributed by atoms with Crippen molar-refractivity contribution in [3.63, 3.8) is 0 Å². The van der Waals surface area contributed by atoms with Gasteiger partial charge in [-0.1, -0.05) is 72.6 Å². The van der Waals surface area contributed by atoms with Crippen LogP contribution in [0.15, 0.2) is 18.6 Å². The fraction of sp³-hybridized carbons (Fsp3) is 0.730. The predicted octanol–water partition coefficient (Wildman–Crippen LogP) is 2.84. The molecule has 50 heavy (non-hydrogen) atoms. The second kappa shape index (κ2) is 16.4. The third-order valence-electron chi connectivity index (χ3n) is 10.9. The number of hydrogen-bond donors (Lipinski definition) is 4. The van der Waals surface area contributed by atoms with Crippen molar-refractivity contribution < 1.29 is 28.8 Å². The van der Waals surface area contributed by atoms with Gasteiger partial charge in [0, 0.05) is 25.0 Å². The van der Waals surface area contributed by atoms with Gasteiger partial charge in [-0.3, -0.25) is 33.8 Å². The van der Waals surface area contributed by atoms with E-state index in [1.54, 1.807) is 4.90 Å². The summed E-state index contributed by atoms with van der Waals surface area (Å²) in [6.45, 7) is 7.85. The Morgan fingerprint density at radius 2 is 1.62 bits per heavy atom. The Hall–Kier alpha value is -3.90. The van der Waals surface area contributed by atoms with Gasteiger partial charge in [-0.15, -0.1) is 0 Å². The maximum atomic E-state index is 14.6. The molecule has 0 aromatic carbocycles. The zero-order valence-corrected chi connectivity index (χ0v) is 30.0. The molecule has 1 aliphatic heterocycles. The summed E-state index contributed by atoms with van der Waals surface area (Å²) in [6.07, 6.45) is 15.0. The lowest BCUT2D eigenvalue weighted by Crippen LogP contribution is -2.61. The Kier molecular flexibility index (Phi) is 12.3. The second-order valence-electron chi connectivity index (χ2n) is 15.9. The summed E-state index contributed by atoms with van der Waals surface area (Å²) in [6, 6.07) is -3.70. The quantitative estimate of drug-likeness (QED) is 0.215. The molecule has 5 rings (SSSR count). The first kappa shape index (κ1) is 37.4. The summed E-state index contributed by atoms with van der Waals surface area (Å²) >= 11 is 0. The highest BCUT2D eigenvalue weighted by Gasteiger charge is 2.52. The minimum atomic E-state index is -0.996. The molecule has 0 bridgehead atoms. The largest absolute Gasteiger partial charge is 0.347 e. The summed E-state index contributed by atoms with van der Waals surface area (Å²) in [7, 11) is 0. The van der Waals surface area contributed by atoms with Crippen LogP contribution in [0, 0.1) is 23.2 Å². The van der Waals surface area contributed by atoms with Gasteiger partial charge in [0.05, 0.1) is 12.2 Å². The lowest BCUT2D eigenvalue weighted by molar-refractivity contribution is -0.146. The van der Waals surface area contributed by atoms with Crippen LogP contribution in [0.1, 0.15) is 122 Å². The van der Waals surface area contributed by atoms with Crippen LogP contribution in [0.5, 0.6) is 0 Å². The molecule has 13 nitrogen and oxygen atoms in total. The van der Waals surface area contributed by atoms with Crippen molar-refractivity contribution in [1.82, 2.24) is 36.1 Å². The molecule has 274 valence electrons. The molecule has 4 fully saturated rings. The number of amides is 5. The third kappa shape index (κ3) is 9.25. The molecule has 1 saturated heterocycles. The maximum absolute atomic E-state index is 14.6. The Morgan fingerprint density at radius 3 is 2.26 bits per heavy atom. The summed E-state index contributed by atoms with van der Waals surface area (Å²) in [4.78, 5) is 91.4. The lowest BCUT2D eigenvalue weighted by atomic mass is 9.83. The van der Waals surface area contributed by atoms with E-state index in [0.717, 1.165) is 64.2 Å². The number of fused-ring (bicyclic) bond motifs is 1. The molecule has 1 aromatic rings. The molecule has 0 spiro atoms. The van der Waals surface area contributed by atoms with Crippen LogP contribution < -0.4 is 21.3 Å². The van der Waals surface area contributed by atoms with Gasteiger partial charge < -0.3 is 26.2 Å². The first-order valence-corrected chi connectivity index (χ1v) is 18.7. The maximum Gasteiger partial charge on any atom is 0.289 e. The first-order chi connectivity index (χ1) is 23.9. The zero-order chi connectivity index (χ0) is 36.0. The summed E-state index contributed by atoms with van der Waals surface area (Å²) < 4.78 is 0. The van der Waals surface area contributed by atoms with E-state index in [1.807, 2.05) is 27.7 Å². The monoisotopic (exact) mass is 693 g/mol. The second-order valence-corrected chi connectivity index (χ2v) is 15.9. The molecular weight excluding hydrogens is 638 g/mol. The van der Waals surface area contributed by atoms with Crippen molar-refractivity contribution >= 4 is 35.3 Å². The van der Waals surface area contributed by atoms with Crippen molar-refractivity contribution in [2.75, 3.05) is 6.54 Å². The molecule has 2 heterocycles. The number of nitrogens with one attached hydrogen (secondary N) is 4. The van der Waals surface area contributed by atoms with E-state index >= 15 is 0 Å². The van der Waals surface area contributed by atoms with Gasteiger partial charge in [-0.2, -0.15) is 0 Å². The highest BCUT2D eigenvalue weighted by Crippen LogP contribution is 2.43. The lowest BCUT2D eigenvalue weighted by Gasteiger charge is -2.37. The molecule has 0 radical (unpaired) electrons. The molecule has 4 N–H and O–H groups in total. The van der Waals surface area contributed by atoms with Gasteiger partial charge in [0.15, 0.2) is 0 Å². The molecule has 13 heteroatoms. The van der Waals surface area contributed by atoms with Crippen molar-refractivity contribution in [1.29, 1.82) is 0 Å².